The Morgan fingerprint density at radius 2 is 2.06 bits per heavy atom. The summed E-state index contributed by atoms with van der Waals surface area (Å²) in [6.07, 6.45) is 0. The third-order valence-electron chi connectivity index (χ3n) is 1.75. The number of benzene rings is 1. The molecule has 92 valence electrons. The maximum absolute atomic E-state index is 11.8. The van der Waals surface area contributed by atoms with Crippen LogP contribution < -0.4 is 16.8 Å². The maximum atomic E-state index is 11.8. The van der Waals surface area contributed by atoms with Crippen molar-refractivity contribution in [3.05, 3.63) is 23.2 Å². The summed E-state index contributed by atoms with van der Waals surface area (Å²) in [5.74, 6) is -1.15. The third kappa shape index (κ3) is 4.04. The second-order valence-corrected chi connectivity index (χ2v) is 4.94. The van der Waals surface area contributed by atoms with Gasteiger partial charge in [0.15, 0.2) is 0 Å². The lowest BCUT2D eigenvalue weighted by Gasteiger charge is -2.05. The van der Waals surface area contributed by atoms with E-state index in [2.05, 4.69) is 0 Å². The number of nitrogens with one attached hydrogen (secondary N) is 1. The first-order valence-electron chi connectivity index (χ1n) is 4.43. The van der Waals surface area contributed by atoms with E-state index in [1.54, 1.807) is 6.07 Å². The standard InChI is InChI=1S/C9H10ClN3O3S/c10-5-1-2-6(11)7(3-5)17(16)4-8(14)13-9(12)15/h1-3H,4,11H2,(H3,12,13,14,15). The number of nitrogens with two attached hydrogens (primary N) is 2. The van der Waals surface area contributed by atoms with E-state index in [0.717, 1.165) is 0 Å². The van der Waals surface area contributed by atoms with Gasteiger partial charge in [0.1, 0.15) is 5.75 Å². The second-order valence-electron chi connectivity index (χ2n) is 3.08. The van der Waals surface area contributed by atoms with Crippen LogP contribution in [0.1, 0.15) is 0 Å². The first-order valence-corrected chi connectivity index (χ1v) is 6.12. The van der Waals surface area contributed by atoms with Gasteiger partial charge in [0.25, 0.3) is 0 Å². The molecule has 8 heteroatoms. The van der Waals surface area contributed by atoms with Crippen molar-refractivity contribution in [1.82, 2.24) is 5.32 Å². The zero-order valence-electron chi connectivity index (χ0n) is 8.60. The minimum atomic E-state index is -1.68. The van der Waals surface area contributed by atoms with Gasteiger partial charge in [-0.2, -0.15) is 0 Å². The van der Waals surface area contributed by atoms with Crippen LogP contribution in [0.25, 0.3) is 0 Å². The molecule has 0 fully saturated rings. The van der Waals surface area contributed by atoms with E-state index in [4.69, 9.17) is 23.1 Å². The van der Waals surface area contributed by atoms with Crippen molar-refractivity contribution in [1.29, 1.82) is 0 Å². The number of hydrogen-bond donors (Lipinski definition) is 3. The number of halogens is 1. The molecular weight excluding hydrogens is 266 g/mol. The van der Waals surface area contributed by atoms with E-state index in [-0.39, 0.29) is 10.6 Å². The van der Waals surface area contributed by atoms with Crippen molar-refractivity contribution in [3.63, 3.8) is 0 Å². The fourth-order valence-electron chi connectivity index (χ4n) is 1.08. The molecule has 6 nitrogen and oxygen atoms in total. The van der Waals surface area contributed by atoms with Crippen LogP contribution in [0.15, 0.2) is 23.1 Å². The fourth-order valence-corrected chi connectivity index (χ4v) is 2.37. The highest BCUT2D eigenvalue weighted by molar-refractivity contribution is 7.86. The molecule has 0 heterocycles. The smallest absolute Gasteiger partial charge is 0.318 e. The monoisotopic (exact) mass is 275 g/mol. The summed E-state index contributed by atoms with van der Waals surface area (Å²) >= 11 is 5.72. The molecule has 0 spiro atoms. The minimum Gasteiger partial charge on any atom is -0.398 e. The van der Waals surface area contributed by atoms with Gasteiger partial charge < -0.3 is 11.5 Å². The first kappa shape index (κ1) is 13.5. The molecule has 0 aliphatic heterocycles. The maximum Gasteiger partial charge on any atom is 0.318 e. The molecular formula is C9H10ClN3O3S. The molecule has 1 rings (SSSR count). The molecule has 1 unspecified atom stereocenters. The summed E-state index contributed by atoms with van der Waals surface area (Å²) in [4.78, 5) is 21.8. The molecule has 1 aromatic carbocycles. The zero-order chi connectivity index (χ0) is 13.0. The van der Waals surface area contributed by atoms with Gasteiger partial charge in [-0.05, 0) is 18.2 Å². The van der Waals surface area contributed by atoms with Crippen LogP contribution in [0.3, 0.4) is 0 Å². The molecule has 5 N–H and O–H groups in total. The van der Waals surface area contributed by atoms with E-state index < -0.39 is 28.5 Å². The number of primary amides is 1. The number of imide groups is 1. The summed E-state index contributed by atoms with van der Waals surface area (Å²) in [6, 6.07) is 3.44. The number of urea groups is 1. The molecule has 1 aromatic rings. The van der Waals surface area contributed by atoms with Crippen molar-refractivity contribution in [2.24, 2.45) is 5.73 Å². The number of hydrogen-bond acceptors (Lipinski definition) is 4. The van der Waals surface area contributed by atoms with Gasteiger partial charge in [-0.3, -0.25) is 14.3 Å². The summed E-state index contributed by atoms with van der Waals surface area (Å²) in [5.41, 5.74) is 10.6. The molecule has 0 saturated heterocycles. The van der Waals surface area contributed by atoms with Crippen LogP contribution in [-0.2, 0) is 15.6 Å². The lowest BCUT2D eigenvalue weighted by Crippen LogP contribution is -2.37. The Kier molecular flexibility index (Phi) is 4.47. The lowest BCUT2D eigenvalue weighted by molar-refractivity contribution is -0.117. The molecule has 17 heavy (non-hydrogen) atoms. The largest absolute Gasteiger partial charge is 0.398 e. The van der Waals surface area contributed by atoms with Crippen LogP contribution >= 0.6 is 11.6 Å². The molecule has 0 aliphatic carbocycles. The van der Waals surface area contributed by atoms with Crippen LogP contribution in [0, 0.1) is 0 Å². The predicted molar refractivity (Wildman–Crippen MR) is 64.9 cm³/mol. The Hall–Kier alpha value is -1.60. The first-order chi connectivity index (χ1) is 7.90. The average Bonchev–Trinajstić information content (AvgIpc) is 2.20. The summed E-state index contributed by atoms with van der Waals surface area (Å²) < 4.78 is 11.8. The second kappa shape index (κ2) is 5.65. The van der Waals surface area contributed by atoms with Crippen LogP contribution in [0.4, 0.5) is 10.5 Å². The van der Waals surface area contributed by atoms with E-state index in [1.165, 1.54) is 12.1 Å². The summed E-state index contributed by atoms with van der Waals surface area (Å²) in [6.45, 7) is 0. The predicted octanol–water partition coefficient (Wildman–Crippen LogP) is 0.225. The van der Waals surface area contributed by atoms with Gasteiger partial charge in [0.05, 0.1) is 15.7 Å². The van der Waals surface area contributed by atoms with Gasteiger partial charge >= 0.3 is 6.03 Å². The van der Waals surface area contributed by atoms with Crippen molar-refractivity contribution >= 4 is 40.0 Å². The van der Waals surface area contributed by atoms with E-state index in [0.29, 0.717) is 5.02 Å². The number of carbonyl (C=O) groups is 2. The topological polar surface area (TPSA) is 115 Å². The SMILES string of the molecule is NC(=O)NC(=O)CS(=O)c1cc(Cl)ccc1N. The number of rotatable bonds is 3. The Morgan fingerprint density at radius 3 is 2.65 bits per heavy atom. The van der Waals surface area contributed by atoms with Crippen LogP contribution in [0.5, 0.6) is 0 Å². The fraction of sp³-hybridized carbons (Fsp3) is 0.111. The van der Waals surface area contributed by atoms with Gasteiger partial charge in [-0.1, -0.05) is 11.6 Å². The van der Waals surface area contributed by atoms with E-state index in [1.807, 2.05) is 5.32 Å². The van der Waals surface area contributed by atoms with Gasteiger partial charge in [0.2, 0.25) is 5.91 Å². The molecule has 0 aliphatic rings. The number of amides is 3. The molecule has 0 saturated carbocycles. The quantitative estimate of drug-likeness (QED) is 0.685. The normalized spacial score (nSPS) is 11.8. The average molecular weight is 276 g/mol. The highest BCUT2D eigenvalue weighted by Gasteiger charge is 2.14. The molecule has 1 atom stereocenters. The lowest BCUT2D eigenvalue weighted by atomic mass is 10.3. The van der Waals surface area contributed by atoms with E-state index in [9.17, 15) is 13.8 Å². The van der Waals surface area contributed by atoms with Gasteiger partial charge in [-0.15, -0.1) is 0 Å². The van der Waals surface area contributed by atoms with Crippen LogP contribution in [-0.4, -0.2) is 21.9 Å². The summed E-state index contributed by atoms with van der Waals surface area (Å²) in [7, 11) is -1.68. The summed E-state index contributed by atoms with van der Waals surface area (Å²) in [5, 5.41) is 2.17. The molecule has 0 radical (unpaired) electrons. The Balaban J connectivity index is 2.80. The van der Waals surface area contributed by atoms with Gasteiger partial charge in [-0.25, -0.2) is 4.79 Å². The van der Waals surface area contributed by atoms with Crippen molar-refractivity contribution in [2.75, 3.05) is 11.5 Å². The third-order valence-corrected chi connectivity index (χ3v) is 3.35. The molecule has 0 aromatic heterocycles. The van der Waals surface area contributed by atoms with Crippen molar-refractivity contribution < 1.29 is 13.8 Å². The van der Waals surface area contributed by atoms with Crippen molar-refractivity contribution in [3.8, 4) is 0 Å². The Bertz CT molecular complexity index is 492. The van der Waals surface area contributed by atoms with Crippen LogP contribution in [0.2, 0.25) is 5.02 Å². The number of nitrogen functional groups attached to an aromatic ring is 1. The Morgan fingerprint density at radius 1 is 1.41 bits per heavy atom. The molecule has 0 bridgehead atoms. The van der Waals surface area contributed by atoms with E-state index >= 15 is 0 Å². The zero-order valence-corrected chi connectivity index (χ0v) is 10.2. The minimum absolute atomic E-state index is 0.247. The Labute approximate surface area is 105 Å². The number of carbonyl (C=O) groups excluding carboxylic acids is 2. The van der Waals surface area contributed by atoms with Gasteiger partial charge in [0, 0.05) is 10.7 Å². The number of anilines is 1. The molecule has 3 amide bonds. The highest BCUT2D eigenvalue weighted by Crippen LogP contribution is 2.21. The van der Waals surface area contributed by atoms with Crippen molar-refractivity contribution in [2.45, 2.75) is 4.90 Å². The highest BCUT2D eigenvalue weighted by atomic mass is 35.5.